The molecule has 0 unspecified atom stereocenters. The zero-order valence-electron chi connectivity index (χ0n) is 21.7. The van der Waals surface area contributed by atoms with Crippen LogP contribution < -0.4 is 5.32 Å². The number of nitrogens with zero attached hydrogens (tertiary/aromatic N) is 4. The molecule has 0 saturated heterocycles. The molecular formula is C27H37ClFN5O. The highest BCUT2D eigenvalue weighted by atomic mass is 35.5. The predicted molar refractivity (Wildman–Crippen MR) is 140 cm³/mol. The standard InChI is InChI=1S/C27H37ClFN5O/c1-17(2)15-33(16-18(3)4)12-8-11-30-27(35)23-14-31-34-20(6)21(19(5)32-26(23)34)13-22-24(28)9-7-10-25(22)29/h7,9-10,14,17-18H,8,11-13,15-16H2,1-6H3,(H,30,35). The second-order valence-corrected chi connectivity index (χ2v) is 10.5. The van der Waals surface area contributed by atoms with Crippen molar-refractivity contribution in [3.63, 3.8) is 0 Å². The van der Waals surface area contributed by atoms with Crippen LogP contribution in [0.4, 0.5) is 4.39 Å². The molecule has 1 N–H and O–H groups in total. The lowest BCUT2D eigenvalue weighted by Gasteiger charge is -2.26. The largest absolute Gasteiger partial charge is 0.352 e. The number of benzene rings is 1. The molecule has 190 valence electrons. The highest BCUT2D eigenvalue weighted by molar-refractivity contribution is 6.31. The van der Waals surface area contributed by atoms with Gasteiger partial charge in [0, 0.05) is 48.0 Å². The second-order valence-electron chi connectivity index (χ2n) is 10.1. The van der Waals surface area contributed by atoms with Gasteiger partial charge in [-0.1, -0.05) is 45.4 Å². The van der Waals surface area contributed by atoms with E-state index in [1.807, 2.05) is 13.8 Å². The molecule has 3 aromatic rings. The van der Waals surface area contributed by atoms with E-state index < -0.39 is 0 Å². The highest BCUT2D eigenvalue weighted by Crippen LogP contribution is 2.26. The summed E-state index contributed by atoms with van der Waals surface area (Å²) in [6.45, 7) is 16.3. The molecule has 0 aliphatic carbocycles. The second kappa shape index (κ2) is 12.0. The zero-order chi connectivity index (χ0) is 25.7. The number of hydrogen-bond acceptors (Lipinski definition) is 4. The first-order valence-corrected chi connectivity index (χ1v) is 12.7. The molecule has 0 radical (unpaired) electrons. The summed E-state index contributed by atoms with van der Waals surface area (Å²) in [5.41, 5.74) is 3.74. The van der Waals surface area contributed by atoms with Crippen LogP contribution in [-0.4, -0.2) is 51.6 Å². The number of carbonyl (C=O) groups excluding carboxylic acids is 1. The summed E-state index contributed by atoms with van der Waals surface area (Å²) in [5.74, 6) is 0.686. The maximum absolute atomic E-state index is 14.4. The minimum atomic E-state index is -0.350. The number of carbonyl (C=O) groups is 1. The Morgan fingerprint density at radius 3 is 2.46 bits per heavy atom. The van der Waals surface area contributed by atoms with Gasteiger partial charge in [-0.25, -0.2) is 13.9 Å². The van der Waals surface area contributed by atoms with Crippen molar-refractivity contribution in [2.24, 2.45) is 11.8 Å². The van der Waals surface area contributed by atoms with Crippen LogP contribution in [0, 0.1) is 31.5 Å². The molecular weight excluding hydrogens is 465 g/mol. The van der Waals surface area contributed by atoms with E-state index in [1.165, 1.54) is 6.07 Å². The Hall–Kier alpha value is -2.51. The molecule has 2 aromatic heterocycles. The Kier molecular flexibility index (Phi) is 9.25. The fourth-order valence-corrected chi connectivity index (χ4v) is 4.72. The van der Waals surface area contributed by atoms with Crippen LogP contribution in [0.2, 0.25) is 5.02 Å². The number of aromatic nitrogens is 3. The van der Waals surface area contributed by atoms with Gasteiger partial charge in [-0.3, -0.25) is 4.79 Å². The molecule has 0 fully saturated rings. The molecule has 8 heteroatoms. The summed E-state index contributed by atoms with van der Waals surface area (Å²) in [6, 6.07) is 4.67. The average Bonchev–Trinajstić information content (AvgIpc) is 3.18. The SMILES string of the molecule is Cc1nc2c(C(=O)NCCCN(CC(C)C)CC(C)C)cnn2c(C)c1Cc1c(F)cccc1Cl. The zero-order valence-corrected chi connectivity index (χ0v) is 22.4. The Morgan fingerprint density at radius 2 is 1.83 bits per heavy atom. The first kappa shape index (κ1) is 27.1. The van der Waals surface area contributed by atoms with Gasteiger partial charge in [-0.15, -0.1) is 0 Å². The van der Waals surface area contributed by atoms with Gasteiger partial charge in [0.15, 0.2) is 5.65 Å². The Labute approximate surface area is 212 Å². The lowest BCUT2D eigenvalue weighted by molar-refractivity contribution is 0.0952. The van der Waals surface area contributed by atoms with Crippen molar-refractivity contribution in [1.82, 2.24) is 24.8 Å². The number of nitrogens with one attached hydrogen (secondary N) is 1. The maximum Gasteiger partial charge on any atom is 0.256 e. The van der Waals surface area contributed by atoms with Gasteiger partial charge in [0.2, 0.25) is 0 Å². The number of halogens is 2. The quantitative estimate of drug-likeness (QED) is 0.354. The van der Waals surface area contributed by atoms with Crippen LogP contribution in [0.3, 0.4) is 0 Å². The van der Waals surface area contributed by atoms with Crippen molar-refractivity contribution in [2.75, 3.05) is 26.2 Å². The van der Waals surface area contributed by atoms with E-state index in [2.05, 4.69) is 48.0 Å². The summed E-state index contributed by atoms with van der Waals surface area (Å²) in [6.07, 6.45) is 2.73. The molecule has 6 nitrogen and oxygen atoms in total. The van der Waals surface area contributed by atoms with Crippen molar-refractivity contribution in [3.8, 4) is 0 Å². The van der Waals surface area contributed by atoms with E-state index >= 15 is 0 Å². The summed E-state index contributed by atoms with van der Waals surface area (Å²) in [7, 11) is 0. The molecule has 0 atom stereocenters. The summed E-state index contributed by atoms with van der Waals surface area (Å²) in [4.78, 5) is 20.1. The average molecular weight is 502 g/mol. The number of hydrogen-bond donors (Lipinski definition) is 1. The van der Waals surface area contributed by atoms with Crippen molar-refractivity contribution < 1.29 is 9.18 Å². The Bertz CT molecular complexity index is 1140. The van der Waals surface area contributed by atoms with Crippen molar-refractivity contribution in [1.29, 1.82) is 0 Å². The van der Waals surface area contributed by atoms with E-state index in [9.17, 15) is 9.18 Å². The number of rotatable bonds is 11. The van der Waals surface area contributed by atoms with E-state index in [-0.39, 0.29) is 11.7 Å². The minimum absolute atomic E-state index is 0.185. The van der Waals surface area contributed by atoms with Gasteiger partial charge >= 0.3 is 0 Å². The minimum Gasteiger partial charge on any atom is -0.352 e. The van der Waals surface area contributed by atoms with Gasteiger partial charge in [0.25, 0.3) is 5.91 Å². The van der Waals surface area contributed by atoms with Gasteiger partial charge in [-0.2, -0.15) is 5.10 Å². The third-order valence-corrected chi connectivity index (χ3v) is 6.41. The van der Waals surface area contributed by atoms with Crippen LogP contribution in [0.5, 0.6) is 0 Å². The van der Waals surface area contributed by atoms with Gasteiger partial charge in [0.1, 0.15) is 11.4 Å². The summed E-state index contributed by atoms with van der Waals surface area (Å²) >= 11 is 6.24. The van der Waals surface area contributed by atoms with Crippen LogP contribution >= 0.6 is 11.6 Å². The van der Waals surface area contributed by atoms with Crippen molar-refractivity contribution >= 4 is 23.2 Å². The van der Waals surface area contributed by atoms with Gasteiger partial charge in [-0.05, 0) is 56.3 Å². The predicted octanol–water partition coefficient (Wildman–Crippen LogP) is 5.46. The van der Waals surface area contributed by atoms with Crippen LogP contribution in [0.15, 0.2) is 24.4 Å². The fourth-order valence-electron chi connectivity index (χ4n) is 4.49. The van der Waals surface area contributed by atoms with Gasteiger partial charge < -0.3 is 10.2 Å². The van der Waals surface area contributed by atoms with E-state index in [0.717, 1.165) is 43.0 Å². The molecule has 0 aliphatic heterocycles. The molecule has 3 rings (SSSR count). The van der Waals surface area contributed by atoms with E-state index in [0.29, 0.717) is 46.6 Å². The fraction of sp³-hybridized carbons (Fsp3) is 0.519. The van der Waals surface area contributed by atoms with Crippen molar-refractivity contribution in [3.05, 3.63) is 63.3 Å². The summed E-state index contributed by atoms with van der Waals surface area (Å²) < 4.78 is 16.0. The highest BCUT2D eigenvalue weighted by Gasteiger charge is 2.20. The van der Waals surface area contributed by atoms with Crippen LogP contribution in [-0.2, 0) is 6.42 Å². The lowest BCUT2D eigenvalue weighted by Crippen LogP contribution is -2.34. The molecule has 35 heavy (non-hydrogen) atoms. The number of amides is 1. The molecule has 0 bridgehead atoms. The third kappa shape index (κ3) is 6.79. The number of aryl methyl sites for hydroxylation is 2. The van der Waals surface area contributed by atoms with Gasteiger partial charge in [0.05, 0.1) is 6.20 Å². The Morgan fingerprint density at radius 1 is 1.14 bits per heavy atom. The third-order valence-electron chi connectivity index (χ3n) is 6.05. The summed E-state index contributed by atoms with van der Waals surface area (Å²) in [5, 5.41) is 7.81. The Balaban J connectivity index is 1.71. The molecule has 2 heterocycles. The van der Waals surface area contributed by atoms with E-state index in [4.69, 9.17) is 11.6 Å². The number of fused-ring (bicyclic) bond motifs is 1. The monoisotopic (exact) mass is 501 g/mol. The molecule has 1 amide bonds. The topological polar surface area (TPSA) is 62.5 Å². The van der Waals surface area contributed by atoms with Crippen LogP contribution in [0.25, 0.3) is 5.65 Å². The molecule has 0 aliphatic rings. The normalized spacial score (nSPS) is 11.9. The maximum atomic E-state index is 14.4. The van der Waals surface area contributed by atoms with E-state index in [1.54, 1.807) is 22.8 Å². The first-order valence-electron chi connectivity index (χ1n) is 12.4. The van der Waals surface area contributed by atoms with Crippen molar-refractivity contribution in [2.45, 2.75) is 54.4 Å². The molecule has 0 spiro atoms. The molecule has 0 saturated carbocycles. The first-order chi connectivity index (χ1) is 16.6. The van der Waals surface area contributed by atoms with Crippen LogP contribution in [0.1, 0.15) is 67.0 Å². The smallest absolute Gasteiger partial charge is 0.256 e. The lowest BCUT2D eigenvalue weighted by atomic mass is 10.0. The molecule has 1 aromatic carbocycles.